The van der Waals surface area contributed by atoms with Gasteiger partial charge in [0.25, 0.3) is 0 Å². The van der Waals surface area contributed by atoms with Gasteiger partial charge in [-0.3, -0.25) is 0 Å². The molecule has 2 nitrogen and oxygen atoms in total. The standard InChI is InChI=1S/C16H32N2/c1-4-13-9-10-15(17-5-2)16(11-13)18(3)12-14-7-6-8-14/h13-17H,4-12H2,1-3H3. The summed E-state index contributed by atoms with van der Waals surface area (Å²) in [6.45, 7) is 7.06. The Kier molecular flexibility index (Phi) is 5.50. The predicted octanol–water partition coefficient (Wildman–Crippen LogP) is 3.28. The third-order valence-electron chi connectivity index (χ3n) is 5.31. The molecular formula is C16H32N2. The van der Waals surface area contributed by atoms with E-state index >= 15 is 0 Å². The summed E-state index contributed by atoms with van der Waals surface area (Å²) >= 11 is 0. The average Bonchev–Trinajstić information content (AvgIpc) is 2.34. The van der Waals surface area contributed by atoms with Crippen molar-refractivity contribution in [2.75, 3.05) is 20.1 Å². The van der Waals surface area contributed by atoms with Gasteiger partial charge in [-0.25, -0.2) is 0 Å². The summed E-state index contributed by atoms with van der Waals surface area (Å²) < 4.78 is 0. The Morgan fingerprint density at radius 2 is 1.83 bits per heavy atom. The van der Waals surface area contributed by atoms with Crippen molar-refractivity contribution in [1.82, 2.24) is 10.2 Å². The molecule has 0 aromatic carbocycles. The number of hydrogen-bond donors (Lipinski definition) is 1. The van der Waals surface area contributed by atoms with Crippen LogP contribution >= 0.6 is 0 Å². The first kappa shape index (κ1) is 14.3. The van der Waals surface area contributed by atoms with Gasteiger partial charge in [-0.2, -0.15) is 0 Å². The van der Waals surface area contributed by atoms with Gasteiger partial charge in [0.1, 0.15) is 0 Å². The molecule has 3 unspecified atom stereocenters. The lowest BCUT2D eigenvalue weighted by Gasteiger charge is -2.43. The van der Waals surface area contributed by atoms with Crippen molar-refractivity contribution in [3.05, 3.63) is 0 Å². The molecule has 2 aliphatic rings. The maximum atomic E-state index is 3.73. The van der Waals surface area contributed by atoms with Crippen molar-refractivity contribution in [1.29, 1.82) is 0 Å². The lowest BCUT2D eigenvalue weighted by atomic mass is 9.79. The second-order valence-electron chi connectivity index (χ2n) is 6.56. The van der Waals surface area contributed by atoms with E-state index in [0.717, 1.165) is 30.5 Å². The maximum Gasteiger partial charge on any atom is 0.0249 e. The molecule has 0 aromatic rings. The third kappa shape index (κ3) is 3.48. The van der Waals surface area contributed by atoms with Crippen LogP contribution in [-0.2, 0) is 0 Å². The van der Waals surface area contributed by atoms with Crippen LogP contribution < -0.4 is 5.32 Å². The van der Waals surface area contributed by atoms with Crippen LogP contribution in [-0.4, -0.2) is 37.1 Å². The van der Waals surface area contributed by atoms with Gasteiger partial charge in [-0.1, -0.05) is 26.7 Å². The van der Waals surface area contributed by atoms with Crippen molar-refractivity contribution in [2.24, 2.45) is 11.8 Å². The number of nitrogens with one attached hydrogen (secondary N) is 1. The van der Waals surface area contributed by atoms with E-state index in [2.05, 4.69) is 31.1 Å². The van der Waals surface area contributed by atoms with Crippen LogP contribution in [0.15, 0.2) is 0 Å². The topological polar surface area (TPSA) is 15.3 Å². The van der Waals surface area contributed by atoms with E-state index in [1.54, 1.807) is 0 Å². The van der Waals surface area contributed by atoms with Crippen LogP contribution in [0.25, 0.3) is 0 Å². The van der Waals surface area contributed by atoms with Crippen LogP contribution in [0, 0.1) is 11.8 Å². The van der Waals surface area contributed by atoms with Crippen LogP contribution in [0.2, 0.25) is 0 Å². The first-order valence-corrected chi connectivity index (χ1v) is 8.18. The maximum absolute atomic E-state index is 3.73. The monoisotopic (exact) mass is 252 g/mol. The van der Waals surface area contributed by atoms with Crippen molar-refractivity contribution in [3.8, 4) is 0 Å². The molecule has 2 rings (SSSR count). The van der Waals surface area contributed by atoms with Gasteiger partial charge in [-0.05, 0) is 57.5 Å². The van der Waals surface area contributed by atoms with Crippen LogP contribution in [0.3, 0.4) is 0 Å². The molecule has 0 aromatic heterocycles. The molecule has 3 atom stereocenters. The SMILES string of the molecule is CCNC1CCC(CC)CC1N(C)CC1CCC1. The smallest absolute Gasteiger partial charge is 0.0249 e. The van der Waals surface area contributed by atoms with Crippen molar-refractivity contribution in [2.45, 2.75) is 70.9 Å². The van der Waals surface area contributed by atoms with Crippen LogP contribution in [0.4, 0.5) is 0 Å². The number of rotatable bonds is 6. The fourth-order valence-corrected chi connectivity index (χ4v) is 3.81. The Morgan fingerprint density at radius 3 is 2.39 bits per heavy atom. The van der Waals surface area contributed by atoms with Gasteiger partial charge in [0.15, 0.2) is 0 Å². The Hall–Kier alpha value is -0.0800. The highest BCUT2D eigenvalue weighted by Gasteiger charge is 2.33. The number of likely N-dealkylation sites (N-methyl/N-ethyl adjacent to an activating group) is 2. The molecule has 2 saturated carbocycles. The first-order chi connectivity index (χ1) is 8.74. The molecule has 0 bridgehead atoms. The minimum absolute atomic E-state index is 0.739. The summed E-state index contributed by atoms with van der Waals surface area (Å²) in [5.41, 5.74) is 0. The molecule has 2 heteroatoms. The molecule has 0 amide bonds. The summed E-state index contributed by atoms with van der Waals surface area (Å²) in [4.78, 5) is 2.68. The van der Waals surface area contributed by atoms with E-state index in [-0.39, 0.29) is 0 Å². The first-order valence-electron chi connectivity index (χ1n) is 8.18. The molecular weight excluding hydrogens is 220 g/mol. The van der Waals surface area contributed by atoms with E-state index in [1.165, 1.54) is 51.5 Å². The predicted molar refractivity (Wildman–Crippen MR) is 78.9 cm³/mol. The minimum atomic E-state index is 0.739. The molecule has 106 valence electrons. The highest BCUT2D eigenvalue weighted by molar-refractivity contribution is 4.91. The van der Waals surface area contributed by atoms with Gasteiger partial charge in [0.05, 0.1) is 0 Å². The lowest BCUT2D eigenvalue weighted by molar-refractivity contribution is 0.0888. The van der Waals surface area contributed by atoms with E-state index in [1.807, 2.05) is 0 Å². The Bertz CT molecular complexity index is 237. The molecule has 2 fully saturated rings. The zero-order valence-corrected chi connectivity index (χ0v) is 12.6. The minimum Gasteiger partial charge on any atom is -0.313 e. The average molecular weight is 252 g/mol. The molecule has 0 aliphatic heterocycles. The summed E-state index contributed by atoms with van der Waals surface area (Å²) in [6, 6.07) is 1.52. The molecule has 0 saturated heterocycles. The molecule has 18 heavy (non-hydrogen) atoms. The summed E-state index contributed by atoms with van der Waals surface area (Å²) in [5, 5.41) is 3.73. The zero-order chi connectivity index (χ0) is 13.0. The van der Waals surface area contributed by atoms with Crippen molar-refractivity contribution in [3.63, 3.8) is 0 Å². The summed E-state index contributed by atoms with van der Waals surface area (Å²) in [5.74, 6) is 1.97. The van der Waals surface area contributed by atoms with E-state index in [4.69, 9.17) is 0 Å². The fourth-order valence-electron chi connectivity index (χ4n) is 3.81. The van der Waals surface area contributed by atoms with E-state index in [9.17, 15) is 0 Å². The van der Waals surface area contributed by atoms with Crippen molar-refractivity contribution < 1.29 is 0 Å². The second-order valence-corrected chi connectivity index (χ2v) is 6.56. The van der Waals surface area contributed by atoms with Gasteiger partial charge in [0.2, 0.25) is 0 Å². The molecule has 0 radical (unpaired) electrons. The fraction of sp³-hybridized carbons (Fsp3) is 1.00. The molecule has 0 heterocycles. The number of nitrogens with zero attached hydrogens (tertiary/aromatic N) is 1. The third-order valence-corrected chi connectivity index (χ3v) is 5.31. The molecule has 2 aliphatic carbocycles. The summed E-state index contributed by atoms with van der Waals surface area (Å²) in [7, 11) is 2.37. The molecule has 1 N–H and O–H groups in total. The van der Waals surface area contributed by atoms with Gasteiger partial charge in [-0.15, -0.1) is 0 Å². The Labute approximate surface area is 114 Å². The largest absolute Gasteiger partial charge is 0.313 e. The zero-order valence-electron chi connectivity index (χ0n) is 12.6. The van der Waals surface area contributed by atoms with E-state index in [0.29, 0.717) is 0 Å². The normalized spacial score (nSPS) is 33.7. The quantitative estimate of drug-likeness (QED) is 0.780. The highest BCUT2D eigenvalue weighted by atomic mass is 15.2. The van der Waals surface area contributed by atoms with Gasteiger partial charge in [0, 0.05) is 18.6 Å². The van der Waals surface area contributed by atoms with Gasteiger partial charge < -0.3 is 10.2 Å². The Balaban J connectivity index is 1.89. The van der Waals surface area contributed by atoms with E-state index < -0.39 is 0 Å². The molecule has 0 spiro atoms. The summed E-state index contributed by atoms with van der Waals surface area (Å²) in [6.07, 6.45) is 10.0. The highest BCUT2D eigenvalue weighted by Crippen LogP contribution is 2.32. The second kappa shape index (κ2) is 6.91. The lowest BCUT2D eigenvalue weighted by Crippen LogP contribution is -2.53. The Morgan fingerprint density at radius 1 is 1.06 bits per heavy atom. The van der Waals surface area contributed by atoms with Crippen LogP contribution in [0.5, 0.6) is 0 Å². The van der Waals surface area contributed by atoms with Crippen molar-refractivity contribution >= 4 is 0 Å². The van der Waals surface area contributed by atoms with Gasteiger partial charge >= 0.3 is 0 Å². The van der Waals surface area contributed by atoms with Crippen LogP contribution in [0.1, 0.15) is 58.8 Å². The number of hydrogen-bond acceptors (Lipinski definition) is 2.